The van der Waals surface area contributed by atoms with Gasteiger partial charge in [-0.25, -0.2) is 8.42 Å². The van der Waals surface area contributed by atoms with Crippen molar-refractivity contribution >= 4 is 31.6 Å². The van der Waals surface area contributed by atoms with Crippen LogP contribution >= 0.6 is 15.9 Å². The van der Waals surface area contributed by atoms with E-state index in [9.17, 15) is 8.42 Å². The van der Waals surface area contributed by atoms with Crippen molar-refractivity contribution in [3.8, 4) is 11.5 Å². The Morgan fingerprint density at radius 1 is 1.03 bits per heavy atom. The van der Waals surface area contributed by atoms with Crippen molar-refractivity contribution in [3.63, 3.8) is 0 Å². The van der Waals surface area contributed by atoms with Gasteiger partial charge in [0.2, 0.25) is 10.0 Å². The van der Waals surface area contributed by atoms with Crippen LogP contribution in [0.15, 0.2) is 51.8 Å². The summed E-state index contributed by atoms with van der Waals surface area (Å²) in [5.41, 5.74) is 0.983. The molecule has 2 aromatic rings. The number of nitrogens with zero attached hydrogens (tertiary/aromatic N) is 2. The van der Waals surface area contributed by atoms with Gasteiger partial charge in [0.05, 0.1) is 15.5 Å². The molecule has 1 aliphatic heterocycles. The molecule has 30 heavy (non-hydrogen) atoms. The Hall–Kier alpha value is -1.81. The van der Waals surface area contributed by atoms with Crippen LogP contribution in [-0.4, -0.2) is 58.9 Å². The van der Waals surface area contributed by atoms with Crippen LogP contribution in [0.25, 0.3) is 0 Å². The maximum absolute atomic E-state index is 13.0. The summed E-state index contributed by atoms with van der Waals surface area (Å²) in [6.07, 6.45) is 0.0413. The van der Waals surface area contributed by atoms with E-state index in [-0.39, 0.29) is 17.8 Å². The van der Waals surface area contributed by atoms with E-state index < -0.39 is 10.0 Å². The van der Waals surface area contributed by atoms with Gasteiger partial charge in [0.25, 0.3) is 0 Å². The third-order valence-corrected chi connectivity index (χ3v) is 7.25. The molecule has 0 unspecified atom stereocenters. The number of methoxy groups -OCH3 is 1. The van der Waals surface area contributed by atoms with Crippen LogP contribution < -0.4 is 14.4 Å². The zero-order valence-electron chi connectivity index (χ0n) is 17.4. The molecule has 164 valence electrons. The van der Waals surface area contributed by atoms with Crippen molar-refractivity contribution in [2.24, 2.45) is 0 Å². The number of hydrogen-bond acceptors (Lipinski definition) is 6. The molecule has 0 aromatic heterocycles. The fourth-order valence-corrected chi connectivity index (χ4v) is 5.00. The molecule has 0 bridgehead atoms. The Labute approximate surface area is 186 Å². The van der Waals surface area contributed by atoms with Gasteiger partial charge < -0.3 is 19.1 Å². The summed E-state index contributed by atoms with van der Waals surface area (Å²) in [5, 5.41) is 0. The topological polar surface area (TPSA) is 68.3 Å². The van der Waals surface area contributed by atoms with Crippen LogP contribution in [0.4, 0.5) is 5.69 Å². The van der Waals surface area contributed by atoms with Crippen LogP contribution in [0.2, 0.25) is 0 Å². The largest absolute Gasteiger partial charge is 0.491 e. The van der Waals surface area contributed by atoms with Crippen molar-refractivity contribution < 1.29 is 22.6 Å². The van der Waals surface area contributed by atoms with Crippen molar-refractivity contribution in [2.75, 3.05) is 45.0 Å². The summed E-state index contributed by atoms with van der Waals surface area (Å²) in [7, 11) is -1.97. The zero-order chi connectivity index (χ0) is 21.7. The summed E-state index contributed by atoms with van der Waals surface area (Å²) in [6, 6.07) is 12.5. The molecule has 0 aliphatic carbocycles. The average Bonchev–Trinajstić information content (AvgIpc) is 2.73. The van der Waals surface area contributed by atoms with E-state index in [2.05, 4.69) is 20.8 Å². The molecule has 0 radical (unpaired) electrons. The molecular weight excluding hydrogens is 472 g/mol. The Morgan fingerprint density at radius 3 is 2.30 bits per heavy atom. The van der Waals surface area contributed by atoms with Crippen LogP contribution in [0.3, 0.4) is 0 Å². The molecule has 1 heterocycles. The van der Waals surface area contributed by atoms with Crippen LogP contribution in [0.1, 0.15) is 13.8 Å². The van der Waals surface area contributed by atoms with E-state index in [1.165, 1.54) is 4.31 Å². The standard InChI is InChI=1S/C21H27BrN2O5S/c1-16(2)29-18-5-7-19(8-6-18)30(25,26)24-12-10-23(11-13-24)17-4-9-20(22)21(14-17)28-15-27-3/h4-9,14,16H,10-13,15H2,1-3H3. The minimum absolute atomic E-state index is 0.0413. The second-order valence-electron chi connectivity index (χ2n) is 7.19. The highest BCUT2D eigenvalue weighted by Crippen LogP contribution is 2.31. The molecule has 1 aliphatic rings. The van der Waals surface area contributed by atoms with Crippen molar-refractivity contribution in [1.82, 2.24) is 4.31 Å². The second-order valence-corrected chi connectivity index (χ2v) is 9.99. The maximum Gasteiger partial charge on any atom is 0.243 e. The Kier molecular flexibility index (Phi) is 7.62. The van der Waals surface area contributed by atoms with Gasteiger partial charge in [-0.2, -0.15) is 4.31 Å². The predicted octanol–water partition coefficient (Wildman–Crippen LogP) is 3.73. The highest BCUT2D eigenvalue weighted by atomic mass is 79.9. The lowest BCUT2D eigenvalue weighted by Crippen LogP contribution is -2.48. The van der Waals surface area contributed by atoms with E-state index in [0.29, 0.717) is 37.7 Å². The number of ether oxygens (including phenoxy) is 3. The number of anilines is 1. The highest BCUT2D eigenvalue weighted by molar-refractivity contribution is 9.10. The lowest BCUT2D eigenvalue weighted by molar-refractivity contribution is 0.0506. The zero-order valence-corrected chi connectivity index (χ0v) is 19.8. The lowest BCUT2D eigenvalue weighted by atomic mass is 10.2. The molecule has 2 aromatic carbocycles. The lowest BCUT2D eigenvalue weighted by Gasteiger charge is -2.35. The minimum atomic E-state index is -3.54. The van der Waals surface area contributed by atoms with Crippen LogP contribution in [0.5, 0.6) is 11.5 Å². The SMILES string of the molecule is COCOc1cc(N2CCN(S(=O)(=O)c3ccc(OC(C)C)cc3)CC2)ccc1Br. The molecule has 0 amide bonds. The average molecular weight is 499 g/mol. The van der Waals surface area contributed by atoms with Gasteiger partial charge in [-0.05, 0) is 66.2 Å². The third-order valence-electron chi connectivity index (χ3n) is 4.68. The van der Waals surface area contributed by atoms with Crippen LogP contribution in [-0.2, 0) is 14.8 Å². The summed E-state index contributed by atoms with van der Waals surface area (Å²) >= 11 is 3.47. The van der Waals surface area contributed by atoms with E-state index in [1.807, 2.05) is 32.0 Å². The molecule has 0 spiro atoms. The van der Waals surface area contributed by atoms with Gasteiger partial charge in [0.1, 0.15) is 11.5 Å². The number of sulfonamides is 1. The van der Waals surface area contributed by atoms with Gasteiger partial charge in [-0.1, -0.05) is 0 Å². The van der Waals surface area contributed by atoms with E-state index in [1.54, 1.807) is 31.4 Å². The number of hydrogen-bond donors (Lipinski definition) is 0. The van der Waals surface area contributed by atoms with E-state index in [4.69, 9.17) is 14.2 Å². The predicted molar refractivity (Wildman–Crippen MR) is 120 cm³/mol. The first-order valence-corrected chi connectivity index (χ1v) is 12.0. The molecule has 1 saturated heterocycles. The van der Waals surface area contributed by atoms with Gasteiger partial charge >= 0.3 is 0 Å². The number of piperazine rings is 1. The van der Waals surface area contributed by atoms with Crippen molar-refractivity contribution in [3.05, 3.63) is 46.9 Å². The summed E-state index contributed by atoms with van der Waals surface area (Å²) < 4.78 is 44.5. The third kappa shape index (κ3) is 5.46. The molecule has 0 saturated carbocycles. The van der Waals surface area contributed by atoms with Gasteiger partial charge in [-0.3, -0.25) is 0 Å². The van der Waals surface area contributed by atoms with Crippen molar-refractivity contribution in [2.45, 2.75) is 24.8 Å². The van der Waals surface area contributed by atoms with E-state index >= 15 is 0 Å². The van der Waals surface area contributed by atoms with Crippen molar-refractivity contribution in [1.29, 1.82) is 0 Å². The molecule has 0 N–H and O–H groups in total. The summed E-state index contributed by atoms with van der Waals surface area (Å²) in [4.78, 5) is 2.43. The molecule has 3 rings (SSSR count). The molecule has 1 fully saturated rings. The first-order chi connectivity index (χ1) is 14.3. The Balaban J connectivity index is 1.66. The smallest absolute Gasteiger partial charge is 0.243 e. The number of rotatable bonds is 8. The fraction of sp³-hybridized carbons (Fsp3) is 0.429. The van der Waals surface area contributed by atoms with E-state index in [0.717, 1.165) is 10.2 Å². The molecule has 9 heteroatoms. The number of halogens is 1. The molecule has 0 atom stereocenters. The maximum atomic E-state index is 13.0. The molecule has 7 nitrogen and oxygen atoms in total. The Bertz CT molecular complexity index is 942. The quantitative estimate of drug-likeness (QED) is 0.516. The van der Waals surface area contributed by atoms with Gasteiger partial charge in [-0.15, -0.1) is 0 Å². The van der Waals surface area contributed by atoms with Gasteiger partial charge in [0.15, 0.2) is 6.79 Å². The monoisotopic (exact) mass is 498 g/mol. The number of benzene rings is 2. The minimum Gasteiger partial charge on any atom is -0.491 e. The molecular formula is C21H27BrN2O5S. The first-order valence-electron chi connectivity index (χ1n) is 9.74. The Morgan fingerprint density at radius 2 is 1.70 bits per heavy atom. The van der Waals surface area contributed by atoms with Gasteiger partial charge in [0, 0.05) is 45.0 Å². The first kappa shape index (κ1) is 22.9. The normalized spacial score (nSPS) is 15.4. The second kappa shape index (κ2) is 10.00. The summed E-state index contributed by atoms with van der Waals surface area (Å²) in [6.45, 7) is 6.05. The fourth-order valence-electron chi connectivity index (χ4n) is 3.22. The van der Waals surface area contributed by atoms with Crippen LogP contribution in [0, 0.1) is 0 Å². The highest BCUT2D eigenvalue weighted by Gasteiger charge is 2.28. The summed E-state index contributed by atoms with van der Waals surface area (Å²) in [5.74, 6) is 1.35.